The van der Waals surface area contributed by atoms with Gasteiger partial charge in [-0.3, -0.25) is 0 Å². The summed E-state index contributed by atoms with van der Waals surface area (Å²) in [6, 6.07) is 69.6. The van der Waals surface area contributed by atoms with Crippen LogP contribution in [0.4, 0.5) is 17.1 Å². The zero-order chi connectivity index (χ0) is 45.6. The highest BCUT2D eigenvalue weighted by atomic mass is 32.1. The summed E-state index contributed by atoms with van der Waals surface area (Å²) in [5.74, 6) is 1.87. The van der Waals surface area contributed by atoms with Gasteiger partial charge in [-0.1, -0.05) is 152 Å². The van der Waals surface area contributed by atoms with Crippen LogP contribution in [-0.2, 0) is 0 Å². The van der Waals surface area contributed by atoms with Crippen molar-refractivity contribution in [1.82, 2.24) is 15.0 Å². The highest BCUT2D eigenvalue weighted by Gasteiger charge is 2.47. The van der Waals surface area contributed by atoms with Crippen molar-refractivity contribution in [1.29, 1.82) is 0 Å². The second-order valence-electron chi connectivity index (χ2n) is 18.2. The molecule has 16 rings (SSSR count). The molecule has 2 aliphatic rings. The number of furan rings is 1. The lowest BCUT2D eigenvalue weighted by Crippen LogP contribution is -2.52. The number of anilines is 3. The van der Waals surface area contributed by atoms with E-state index in [1.807, 2.05) is 34.8 Å². The minimum absolute atomic E-state index is 0.103. The largest absolute Gasteiger partial charge is 0.455 e. The number of fused-ring (bicyclic) bond motifs is 14. The van der Waals surface area contributed by atoms with Gasteiger partial charge in [0.05, 0.1) is 11.4 Å². The maximum Gasteiger partial charge on any atom is 0.273 e. The number of hydrogen-bond donors (Lipinski definition) is 0. The molecule has 0 radical (unpaired) electrons. The first kappa shape index (κ1) is 38.7. The van der Waals surface area contributed by atoms with Crippen LogP contribution in [0.15, 0.2) is 204 Å². The Hall–Kier alpha value is -8.21. The van der Waals surface area contributed by atoms with E-state index in [-0.39, 0.29) is 6.71 Å². The number of benzene rings is 9. The fourth-order valence-corrected chi connectivity index (χ4v) is 14.9. The van der Waals surface area contributed by atoms with E-state index in [2.05, 4.69) is 192 Å². The van der Waals surface area contributed by atoms with E-state index in [1.165, 1.54) is 78.8 Å². The van der Waals surface area contributed by atoms with Crippen molar-refractivity contribution in [3.63, 3.8) is 0 Å². The predicted molar refractivity (Wildman–Crippen MR) is 297 cm³/mol. The number of nitrogens with zero attached hydrogens (tertiary/aromatic N) is 4. The average Bonchev–Trinajstić information content (AvgIpc) is 4.26. The molecule has 9 aromatic carbocycles. The third-order valence-corrected chi connectivity index (χ3v) is 17.8. The molecule has 14 aromatic rings. The summed E-state index contributed by atoms with van der Waals surface area (Å²) in [5.41, 5.74) is 14.2. The van der Waals surface area contributed by atoms with Crippen LogP contribution in [0, 0.1) is 0 Å². The Labute approximate surface area is 413 Å². The van der Waals surface area contributed by atoms with Crippen LogP contribution in [0.5, 0.6) is 0 Å². The lowest BCUT2D eigenvalue weighted by molar-refractivity contribution is 0.670. The predicted octanol–water partition coefficient (Wildman–Crippen LogP) is 15.5. The number of hydrogen-bond acceptors (Lipinski definition) is 8. The van der Waals surface area contributed by atoms with Crippen LogP contribution in [0.2, 0.25) is 0 Å². The fourth-order valence-electron chi connectivity index (χ4n) is 11.2. The van der Waals surface area contributed by atoms with E-state index in [0.717, 1.165) is 55.1 Å². The minimum atomic E-state index is 0.103. The summed E-state index contributed by atoms with van der Waals surface area (Å²) < 4.78 is 13.1. The van der Waals surface area contributed by atoms with Crippen molar-refractivity contribution in [3.05, 3.63) is 200 Å². The van der Waals surface area contributed by atoms with Gasteiger partial charge in [-0.05, 0) is 85.6 Å². The molecule has 0 unspecified atom stereocenters. The van der Waals surface area contributed by atoms with E-state index < -0.39 is 0 Å². The fraction of sp³-hybridized carbons (Fsp3) is 0. The molecule has 0 saturated carbocycles. The van der Waals surface area contributed by atoms with E-state index >= 15 is 0 Å². The lowest BCUT2D eigenvalue weighted by atomic mass is 9.43. The van der Waals surface area contributed by atoms with Gasteiger partial charge in [-0.25, -0.2) is 15.0 Å². The Kier molecular flexibility index (Phi) is 8.11. The molecule has 5 nitrogen and oxygen atoms in total. The quantitative estimate of drug-likeness (QED) is 0.161. The van der Waals surface area contributed by atoms with Gasteiger partial charge in [0.2, 0.25) is 0 Å². The van der Waals surface area contributed by atoms with E-state index in [9.17, 15) is 0 Å². The monoisotopic (exact) mass is 944 g/mol. The smallest absolute Gasteiger partial charge is 0.273 e. The molecular formula is C61H33BN4OS3. The maximum atomic E-state index is 6.47. The lowest BCUT2D eigenvalue weighted by Gasteiger charge is -2.34. The molecule has 7 heterocycles. The van der Waals surface area contributed by atoms with Crippen molar-refractivity contribution >= 4 is 136 Å². The van der Waals surface area contributed by atoms with E-state index in [0.29, 0.717) is 17.5 Å². The second kappa shape index (κ2) is 14.7. The topological polar surface area (TPSA) is 55.1 Å². The molecule has 0 amide bonds. The molecule has 324 valence electrons. The van der Waals surface area contributed by atoms with Crippen molar-refractivity contribution in [2.45, 2.75) is 0 Å². The van der Waals surface area contributed by atoms with Gasteiger partial charge in [-0.2, -0.15) is 0 Å². The Morgan fingerprint density at radius 2 is 1.06 bits per heavy atom. The SMILES string of the molecule is c1ccc2cc(-c3nc(-c4ccc(-c5cccc6c5oc5ccccc56)cc4)nc(-c4cc5c6c(c4)N(c4csc7ccccc47)c4c(sc7ccccc47)B6c4sc6ccccc6c4-5)n3)ccc2c1. The van der Waals surface area contributed by atoms with Crippen molar-refractivity contribution in [3.8, 4) is 56.4 Å². The van der Waals surface area contributed by atoms with Crippen LogP contribution < -0.4 is 19.9 Å². The third kappa shape index (κ3) is 5.56. The summed E-state index contributed by atoms with van der Waals surface area (Å²) in [7, 11) is 0. The molecule has 70 heavy (non-hydrogen) atoms. The van der Waals surface area contributed by atoms with Crippen LogP contribution in [0.25, 0.3) is 119 Å². The van der Waals surface area contributed by atoms with E-state index in [1.54, 1.807) is 11.3 Å². The highest BCUT2D eigenvalue weighted by molar-refractivity contribution is 7.41. The van der Waals surface area contributed by atoms with Crippen molar-refractivity contribution in [2.24, 2.45) is 0 Å². The Morgan fingerprint density at radius 3 is 1.90 bits per heavy atom. The number of thiophene rings is 3. The first-order valence-electron chi connectivity index (χ1n) is 23.4. The van der Waals surface area contributed by atoms with Gasteiger partial charge in [0, 0.05) is 73.7 Å². The molecule has 9 heteroatoms. The first-order valence-corrected chi connectivity index (χ1v) is 25.9. The van der Waals surface area contributed by atoms with Gasteiger partial charge in [0.1, 0.15) is 11.2 Å². The number of rotatable bonds is 5. The summed E-state index contributed by atoms with van der Waals surface area (Å²) in [6.07, 6.45) is 0. The van der Waals surface area contributed by atoms with Gasteiger partial charge < -0.3 is 9.32 Å². The molecule has 0 atom stereocenters. The van der Waals surface area contributed by atoms with Gasteiger partial charge in [-0.15, -0.1) is 34.0 Å². The van der Waals surface area contributed by atoms with Gasteiger partial charge in [0.25, 0.3) is 6.71 Å². The molecule has 0 aliphatic carbocycles. The normalized spacial score (nSPS) is 12.8. The summed E-state index contributed by atoms with van der Waals surface area (Å²) in [6.45, 7) is 0.103. The molecular weight excluding hydrogens is 912 g/mol. The summed E-state index contributed by atoms with van der Waals surface area (Å²) >= 11 is 5.68. The molecule has 2 aliphatic heterocycles. The van der Waals surface area contributed by atoms with Crippen LogP contribution in [0.3, 0.4) is 0 Å². The summed E-state index contributed by atoms with van der Waals surface area (Å²) in [5, 5.41) is 10.7. The van der Waals surface area contributed by atoms with Crippen molar-refractivity contribution < 1.29 is 4.42 Å². The molecule has 0 spiro atoms. The molecule has 5 aromatic heterocycles. The Balaban J connectivity index is 0.941. The zero-order valence-corrected chi connectivity index (χ0v) is 39.5. The van der Waals surface area contributed by atoms with Gasteiger partial charge in [0.15, 0.2) is 17.5 Å². The molecule has 0 saturated heterocycles. The van der Waals surface area contributed by atoms with Crippen LogP contribution in [-0.4, -0.2) is 21.7 Å². The summed E-state index contributed by atoms with van der Waals surface area (Å²) in [4.78, 5) is 18.8. The maximum absolute atomic E-state index is 6.47. The molecule has 0 bridgehead atoms. The molecule has 0 N–H and O–H groups in total. The van der Waals surface area contributed by atoms with E-state index in [4.69, 9.17) is 19.4 Å². The Bertz CT molecular complexity index is 4530. The average molecular weight is 945 g/mol. The number of aromatic nitrogens is 3. The first-order chi connectivity index (χ1) is 34.7. The Morgan fingerprint density at radius 1 is 0.429 bits per heavy atom. The second-order valence-corrected chi connectivity index (χ2v) is 21.3. The molecule has 0 fully saturated rings. The third-order valence-electron chi connectivity index (χ3n) is 14.4. The van der Waals surface area contributed by atoms with Crippen LogP contribution >= 0.6 is 34.0 Å². The van der Waals surface area contributed by atoms with Crippen LogP contribution in [0.1, 0.15) is 0 Å². The van der Waals surface area contributed by atoms with Gasteiger partial charge >= 0.3 is 0 Å². The minimum Gasteiger partial charge on any atom is -0.455 e. The standard InChI is InChI=1S/C61H33BN4OS3/c1-2-13-37-30-38(29-24-34(37)12-1)60-63-59(36-27-25-35(26-28-36)40-18-11-19-42-41-14-3-7-20-49(41)67-56(40)42)64-61(65-60)39-31-46-53-44-16-5-9-22-51(44)69-57(53)62-54(46)47(32-39)66(48-33-68-50-21-8-4-15-43(48)50)55-45-17-6-10-23-52(45)70-58(55)62/h1-33H. The highest BCUT2D eigenvalue weighted by Crippen LogP contribution is 2.51. The zero-order valence-electron chi connectivity index (χ0n) is 37.1. The van der Waals surface area contributed by atoms with Crippen molar-refractivity contribution in [2.75, 3.05) is 4.90 Å². The number of para-hydroxylation sites is 2.